The van der Waals surface area contributed by atoms with E-state index in [4.69, 9.17) is 9.84 Å². The average Bonchev–Trinajstić information content (AvgIpc) is 3.12. The largest absolute Gasteiger partial charge is 0.508 e. The molecule has 1 unspecified atom stereocenters. The smallest absolute Gasteiger partial charge is 0.410 e. The van der Waals surface area contributed by atoms with Crippen LogP contribution >= 0.6 is 0 Å². The number of piperazine rings is 1. The number of fused-ring (bicyclic) bond motifs is 1. The molecule has 0 radical (unpaired) electrons. The third kappa shape index (κ3) is 4.49. The van der Waals surface area contributed by atoms with Gasteiger partial charge in [-0.2, -0.15) is 5.10 Å². The third-order valence-corrected chi connectivity index (χ3v) is 5.88. The highest BCUT2D eigenvalue weighted by Crippen LogP contribution is 2.37. The summed E-state index contributed by atoms with van der Waals surface area (Å²) in [4.78, 5) is 16.6. The van der Waals surface area contributed by atoms with E-state index >= 15 is 0 Å². The summed E-state index contributed by atoms with van der Waals surface area (Å²) >= 11 is 0. The van der Waals surface area contributed by atoms with Crippen LogP contribution in [-0.2, 0) is 11.2 Å². The zero-order chi connectivity index (χ0) is 22.2. The summed E-state index contributed by atoms with van der Waals surface area (Å²) in [5, 5.41) is 18.2. The Bertz CT molecular complexity index is 924. The topological polar surface area (TPSA) is 82.9 Å². The van der Waals surface area contributed by atoms with Crippen LogP contribution in [0, 0.1) is 0 Å². The second-order valence-corrected chi connectivity index (χ2v) is 9.22. The van der Waals surface area contributed by atoms with Crippen LogP contribution in [0.2, 0.25) is 0 Å². The van der Waals surface area contributed by atoms with Crippen LogP contribution in [0.15, 0.2) is 24.3 Å². The van der Waals surface area contributed by atoms with Crippen molar-refractivity contribution in [2.45, 2.75) is 52.2 Å². The summed E-state index contributed by atoms with van der Waals surface area (Å²) in [6.45, 7) is 11.7. The molecule has 8 nitrogen and oxygen atoms in total. The van der Waals surface area contributed by atoms with E-state index in [2.05, 4.69) is 17.1 Å². The molecule has 1 aromatic heterocycles. The van der Waals surface area contributed by atoms with Gasteiger partial charge in [-0.25, -0.2) is 9.48 Å². The van der Waals surface area contributed by atoms with Crippen molar-refractivity contribution in [2.75, 3.05) is 38.0 Å². The number of carbonyl (C=O) groups is 1. The van der Waals surface area contributed by atoms with E-state index < -0.39 is 5.60 Å². The summed E-state index contributed by atoms with van der Waals surface area (Å²) in [6, 6.07) is 7.39. The van der Waals surface area contributed by atoms with Crippen LogP contribution in [0.25, 0.3) is 5.69 Å². The maximum Gasteiger partial charge on any atom is 0.410 e. The number of nitrogens with one attached hydrogen (secondary N) is 1. The maximum atomic E-state index is 12.4. The van der Waals surface area contributed by atoms with Gasteiger partial charge in [0, 0.05) is 32.7 Å². The van der Waals surface area contributed by atoms with Gasteiger partial charge in [0.25, 0.3) is 0 Å². The Morgan fingerprint density at radius 1 is 1.19 bits per heavy atom. The van der Waals surface area contributed by atoms with Gasteiger partial charge in [-0.15, -0.1) is 0 Å². The fourth-order valence-electron chi connectivity index (χ4n) is 4.40. The Morgan fingerprint density at radius 3 is 2.48 bits per heavy atom. The number of ether oxygens (including phenoxy) is 1. The van der Waals surface area contributed by atoms with E-state index in [9.17, 15) is 9.90 Å². The summed E-state index contributed by atoms with van der Waals surface area (Å²) in [5.74, 6) is 0.248. The highest BCUT2D eigenvalue weighted by atomic mass is 16.6. The first-order valence-electron chi connectivity index (χ1n) is 11.1. The van der Waals surface area contributed by atoms with E-state index in [1.54, 1.807) is 17.0 Å². The first-order chi connectivity index (χ1) is 14.8. The van der Waals surface area contributed by atoms with Crippen LogP contribution in [0.5, 0.6) is 5.75 Å². The molecule has 3 heterocycles. The van der Waals surface area contributed by atoms with Crippen LogP contribution in [-0.4, -0.2) is 69.1 Å². The fourth-order valence-corrected chi connectivity index (χ4v) is 4.40. The maximum absolute atomic E-state index is 12.4. The predicted molar refractivity (Wildman–Crippen MR) is 120 cm³/mol. The van der Waals surface area contributed by atoms with E-state index in [0.29, 0.717) is 13.1 Å². The van der Waals surface area contributed by atoms with Crippen molar-refractivity contribution in [1.82, 2.24) is 19.6 Å². The van der Waals surface area contributed by atoms with Crippen LogP contribution in [0.3, 0.4) is 0 Å². The van der Waals surface area contributed by atoms with Gasteiger partial charge in [0.2, 0.25) is 0 Å². The molecule has 1 atom stereocenters. The van der Waals surface area contributed by atoms with Gasteiger partial charge in [0.15, 0.2) is 0 Å². The molecule has 0 bridgehead atoms. The molecule has 0 saturated carbocycles. The van der Waals surface area contributed by atoms with Crippen molar-refractivity contribution in [3.8, 4) is 11.4 Å². The minimum absolute atomic E-state index is 0.223. The number of hydrogen-bond acceptors (Lipinski definition) is 6. The van der Waals surface area contributed by atoms with Crippen molar-refractivity contribution in [2.24, 2.45) is 0 Å². The number of carbonyl (C=O) groups excluding carboxylic acids is 1. The third-order valence-electron chi connectivity index (χ3n) is 5.88. The normalized spacial score (nSPS) is 19.6. The van der Waals surface area contributed by atoms with Gasteiger partial charge in [-0.3, -0.25) is 4.90 Å². The van der Waals surface area contributed by atoms with Crippen molar-refractivity contribution in [3.63, 3.8) is 0 Å². The van der Waals surface area contributed by atoms with Gasteiger partial charge >= 0.3 is 6.09 Å². The lowest BCUT2D eigenvalue weighted by Crippen LogP contribution is -2.51. The molecule has 2 aliphatic heterocycles. The molecular weight excluding hydrogens is 394 g/mol. The molecule has 0 spiro atoms. The van der Waals surface area contributed by atoms with Crippen molar-refractivity contribution < 1.29 is 14.6 Å². The Kier molecular flexibility index (Phi) is 5.83. The molecule has 4 rings (SSSR count). The molecule has 2 N–H and O–H groups in total. The first kappa shape index (κ1) is 21.5. The molecule has 31 heavy (non-hydrogen) atoms. The van der Waals surface area contributed by atoms with Gasteiger partial charge in [-0.1, -0.05) is 6.92 Å². The Morgan fingerprint density at radius 2 is 1.87 bits per heavy atom. The molecule has 1 saturated heterocycles. The second-order valence-electron chi connectivity index (χ2n) is 9.22. The minimum atomic E-state index is -0.476. The standard InChI is InChI=1S/C23H33N5O3/c1-5-18-20-21(25-28(18)16-6-8-17(29)9-7-16)19(10-11-24-20)26-12-14-27(15-13-26)22(30)31-23(2,3)4/h6-9,19,24,29H,5,10-15H2,1-4H3. The summed E-state index contributed by atoms with van der Waals surface area (Å²) in [5.41, 5.74) is 3.82. The molecule has 1 fully saturated rings. The number of benzene rings is 1. The van der Waals surface area contributed by atoms with Crippen molar-refractivity contribution >= 4 is 11.8 Å². The molecule has 1 amide bonds. The van der Waals surface area contributed by atoms with E-state index in [1.165, 1.54) is 0 Å². The number of aromatic nitrogens is 2. The SMILES string of the molecule is CCc1c2c(nn1-c1ccc(O)cc1)C(N1CCN(C(=O)OC(C)(C)C)CC1)CCN2. The van der Waals surface area contributed by atoms with Gasteiger partial charge in [-0.05, 0) is 57.9 Å². The van der Waals surface area contributed by atoms with Crippen molar-refractivity contribution in [3.05, 3.63) is 35.7 Å². The van der Waals surface area contributed by atoms with Crippen LogP contribution < -0.4 is 5.32 Å². The summed E-state index contributed by atoms with van der Waals surface area (Å²) in [6.07, 6.45) is 1.60. The number of amides is 1. The minimum Gasteiger partial charge on any atom is -0.508 e. The number of nitrogens with zero attached hydrogens (tertiary/aromatic N) is 4. The second kappa shape index (κ2) is 8.42. The number of rotatable bonds is 3. The Hall–Kier alpha value is -2.74. The molecule has 2 aliphatic rings. The zero-order valence-corrected chi connectivity index (χ0v) is 18.9. The summed E-state index contributed by atoms with van der Waals surface area (Å²) in [7, 11) is 0. The number of aromatic hydroxyl groups is 1. The molecule has 0 aliphatic carbocycles. The highest BCUT2D eigenvalue weighted by molar-refractivity contribution is 5.68. The average molecular weight is 428 g/mol. The Labute approximate surface area is 183 Å². The molecular formula is C23H33N5O3. The predicted octanol–water partition coefficient (Wildman–Crippen LogP) is 3.55. The lowest BCUT2D eigenvalue weighted by atomic mass is 10.0. The van der Waals surface area contributed by atoms with Gasteiger partial charge < -0.3 is 20.1 Å². The van der Waals surface area contributed by atoms with E-state index in [1.807, 2.05) is 37.6 Å². The lowest BCUT2D eigenvalue weighted by Gasteiger charge is -2.40. The number of phenols is 1. The molecule has 2 aromatic rings. The van der Waals surface area contributed by atoms with Gasteiger partial charge in [0.1, 0.15) is 17.0 Å². The Balaban J connectivity index is 1.53. The summed E-state index contributed by atoms with van der Waals surface area (Å²) < 4.78 is 7.52. The van der Waals surface area contributed by atoms with E-state index in [0.717, 1.165) is 55.2 Å². The molecule has 168 valence electrons. The molecule has 1 aromatic carbocycles. The number of anilines is 1. The lowest BCUT2D eigenvalue weighted by molar-refractivity contribution is 0.00954. The monoisotopic (exact) mass is 427 g/mol. The van der Waals surface area contributed by atoms with Crippen molar-refractivity contribution in [1.29, 1.82) is 0 Å². The number of hydrogen-bond donors (Lipinski definition) is 2. The van der Waals surface area contributed by atoms with Crippen LogP contribution in [0.4, 0.5) is 10.5 Å². The molecule has 8 heteroatoms. The van der Waals surface area contributed by atoms with Crippen LogP contribution in [0.1, 0.15) is 51.5 Å². The van der Waals surface area contributed by atoms with E-state index in [-0.39, 0.29) is 17.9 Å². The number of phenolic OH excluding ortho intramolecular Hbond substituents is 1. The first-order valence-corrected chi connectivity index (χ1v) is 11.1. The highest BCUT2D eigenvalue weighted by Gasteiger charge is 2.34. The fraction of sp³-hybridized carbons (Fsp3) is 0.565. The van der Waals surface area contributed by atoms with Gasteiger partial charge in [0.05, 0.1) is 23.1 Å². The zero-order valence-electron chi connectivity index (χ0n) is 18.9. The quantitative estimate of drug-likeness (QED) is 0.780.